The number of nitrogens with one attached hydrogen (secondary N) is 2. The number of fused-ring (bicyclic) bond motifs is 1. The lowest BCUT2D eigenvalue weighted by Crippen LogP contribution is -2.50. The number of hydrogen-bond donors (Lipinski definition) is 2. The van der Waals surface area contributed by atoms with Crippen LogP contribution in [0.5, 0.6) is 0 Å². The number of carbonyl (C=O) groups excluding carboxylic acids is 2. The van der Waals surface area contributed by atoms with E-state index in [0.29, 0.717) is 12.1 Å². The van der Waals surface area contributed by atoms with Gasteiger partial charge in [0, 0.05) is 38.1 Å². The molecule has 32 heavy (non-hydrogen) atoms. The molecule has 0 saturated carbocycles. The molecule has 1 aliphatic heterocycles. The van der Waals surface area contributed by atoms with Gasteiger partial charge in [0.15, 0.2) is 0 Å². The number of carbonyl (C=O) groups is 2. The Labute approximate surface area is 188 Å². The Bertz CT molecular complexity index is 935. The Balaban J connectivity index is 1.73. The number of halogens is 1. The van der Waals surface area contributed by atoms with Crippen LogP contribution in [0.3, 0.4) is 0 Å². The van der Waals surface area contributed by atoms with Crippen LogP contribution < -0.4 is 10.6 Å². The molecule has 2 aromatic rings. The molecule has 3 rings (SSSR count). The normalized spacial score (nSPS) is 14.4. The van der Waals surface area contributed by atoms with E-state index >= 15 is 0 Å². The monoisotopic (exact) mass is 442 g/mol. The first-order valence-electron chi connectivity index (χ1n) is 10.8. The third-order valence-corrected chi connectivity index (χ3v) is 5.64. The van der Waals surface area contributed by atoms with E-state index in [0.717, 1.165) is 25.2 Å². The van der Waals surface area contributed by atoms with Gasteiger partial charge in [-0.2, -0.15) is 0 Å². The van der Waals surface area contributed by atoms with Gasteiger partial charge in [-0.15, -0.1) is 0 Å². The number of rotatable bonds is 8. The Kier molecular flexibility index (Phi) is 8.19. The lowest BCUT2D eigenvalue weighted by Gasteiger charge is -2.30. The van der Waals surface area contributed by atoms with Crippen molar-refractivity contribution in [3.05, 3.63) is 59.4 Å². The van der Waals surface area contributed by atoms with E-state index in [2.05, 4.69) is 22.6 Å². The molecule has 1 aliphatic rings. The Morgan fingerprint density at radius 2 is 1.84 bits per heavy atom. The third-order valence-electron chi connectivity index (χ3n) is 5.64. The van der Waals surface area contributed by atoms with E-state index in [4.69, 9.17) is 4.74 Å². The quantitative estimate of drug-likeness (QED) is 0.654. The highest BCUT2D eigenvalue weighted by molar-refractivity contribution is 5.99. The van der Waals surface area contributed by atoms with Crippen LogP contribution in [0.2, 0.25) is 0 Å². The van der Waals surface area contributed by atoms with Gasteiger partial charge in [-0.25, -0.2) is 9.18 Å². The van der Waals surface area contributed by atoms with Gasteiger partial charge in [-0.05, 0) is 67.4 Å². The molecule has 0 aliphatic carbocycles. The molecule has 1 heterocycles. The fourth-order valence-corrected chi connectivity index (χ4v) is 3.86. The zero-order valence-electron chi connectivity index (χ0n) is 18.9. The third kappa shape index (κ3) is 6.05. The van der Waals surface area contributed by atoms with Gasteiger partial charge in [0.2, 0.25) is 5.91 Å². The highest BCUT2D eigenvalue weighted by Crippen LogP contribution is 2.22. The first-order valence-corrected chi connectivity index (χ1v) is 10.8. The van der Waals surface area contributed by atoms with Crippen LogP contribution in [-0.2, 0) is 22.5 Å². The van der Waals surface area contributed by atoms with Crippen LogP contribution in [0.15, 0.2) is 42.5 Å². The van der Waals surface area contributed by atoms with Gasteiger partial charge in [0.1, 0.15) is 11.9 Å². The van der Waals surface area contributed by atoms with Crippen molar-refractivity contribution < 1.29 is 18.7 Å². The maximum Gasteiger partial charge on any atom is 0.322 e. The summed E-state index contributed by atoms with van der Waals surface area (Å²) in [4.78, 5) is 29.8. The van der Waals surface area contributed by atoms with Gasteiger partial charge in [0.05, 0.1) is 6.61 Å². The fourth-order valence-electron chi connectivity index (χ4n) is 3.86. The van der Waals surface area contributed by atoms with Crippen LogP contribution in [-0.4, -0.2) is 61.6 Å². The van der Waals surface area contributed by atoms with E-state index in [-0.39, 0.29) is 24.9 Å². The van der Waals surface area contributed by atoms with Crippen molar-refractivity contribution in [3.8, 4) is 0 Å². The molecule has 0 radical (unpaired) electrons. The predicted octanol–water partition coefficient (Wildman–Crippen LogP) is 3.71. The van der Waals surface area contributed by atoms with Gasteiger partial charge in [-0.1, -0.05) is 13.0 Å². The summed E-state index contributed by atoms with van der Waals surface area (Å²) in [7, 11) is 3.64. The van der Waals surface area contributed by atoms with Crippen LogP contribution in [0.4, 0.5) is 20.6 Å². The van der Waals surface area contributed by atoms with Gasteiger partial charge < -0.3 is 25.2 Å². The molecule has 0 unspecified atom stereocenters. The smallest absolute Gasteiger partial charge is 0.322 e. The highest BCUT2D eigenvalue weighted by Gasteiger charge is 2.29. The first kappa shape index (κ1) is 23.7. The van der Waals surface area contributed by atoms with Crippen molar-refractivity contribution >= 4 is 23.3 Å². The first-order chi connectivity index (χ1) is 15.4. The largest absolute Gasteiger partial charge is 0.383 e. The van der Waals surface area contributed by atoms with Crippen LogP contribution >= 0.6 is 0 Å². The van der Waals surface area contributed by atoms with E-state index in [1.165, 1.54) is 40.3 Å². The maximum atomic E-state index is 13.2. The number of likely N-dealkylation sites (N-methyl/N-ethyl adjacent to an activating group) is 1. The average molecular weight is 443 g/mol. The standard InChI is InChI=1S/C24H31FN4O3/c1-4-22(23(30)26-21-8-5-18-16-28(2)12-11-17(18)15-21)29(13-14-32-3)24(31)27-20-9-6-19(25)7-10-20/h5-10,15,22H,4,11-14,16H2,1-3H3,(H,26,30)(H,27,31)/t22-/m1/s1. The van der Waals surface area contributed by atoms with Crippen molar-refractivity contribution in [2.45, 2.75) is 32.4 Å². The predicted molar refractivity (Wildman–Crippen MR) is 123 cm³/mol. The van der Waals surface area contributed by atoms with Crippen molar-refractivity contribution in [2.75, 3.05) is 44.5 Å². The Hall–Kier alpha value is -2.97. The highest BCUT2D eigenvalue weighted by atomic mass is 19.1. The maximum absolute atomic E-state index is 13.2. The number of amides is 3. The molecule has 2 N–H and O–H groups in total. The van der Waals surface area contributed by atoms with Crippen molar-refractivity contribution in [1.82, 2.24) is 9.80 Å². The molecule has 2 aromatic carbocycles. The van der Waals surface area contributed by atoms with Gasteiger partial charge >= 0.3 is 6.03 Å². The number of hydrogen-bond acceptors (Lipinski definition) is 4. The fraction of sp³-hybridized carbons (Fsp3) is 0.417. The number of benzene rings is 2. The summed E-state index contributed by atoms with van der Waals surface area (Å²) in [6.45, 7) is 4.27. The second-order valence-electron chi connectivity index (χ2n) is 8.01. The molecular weight excluding hydrogens is 411 g/mol. The molecule has 8 heteroatoms. The minimum Gasteiger partial charge on any atom is -0.383 e. The molecule has 0 bridgehead atoms. The summed E-state index contributed by atoms with van der Waals surface area (Å²) in [6, 6.07) is 10.3. The molecule has 172 valence electrons. The average Bonchev–Trinajstić information content (AvgIpc) is 2.78. The number of ether oxygens (including phenoxy) is 1. The zero-order valence-corrected chi connectivity index (χ0v) is 18.9. The van der Waals surface area contributed by atoms with E-state index in [9.17, 15) is 14.0 Å². The lowest BCUT2D eigenvalue weighted by atomic mass is 9.99. The lowest BCUT2D eigenvalue weighted by molar-refractivity contribution is -0.120. The van der Waals surface area contributed by atoms with Gasteiger partial charge in [0.25, 0.3) is 0 Å². The molecule has 0 saturated heterocycles. The summed E-state index contributed by atoms with van der Waals surface area (Å²) in [5, 5.41) is 5.71. The van der Waals surface area contributed by atoms with E-state index in [1.807, 2.05) is 25.1 Å². The minimum atomic E-state index is -0.687. The summed E-state index contributed by atoms with van der Waals surface area (Å²) in [6.07, 6.45) is 1.37. The van der Waals surface area contributed by atoms with Crippen LogP contribution in [0.1, 0.15) is 24.5 Å². The van der Waals surface area contributed by atoms with Gasteiger partial charge in [-0.3, -0.25) is 4.79 Å². The zero-order chi connectivity index (χ0) is 23.1. The summed E-state index contributed by atoms with van der Waals surface area (Å²) < 4.78 is 18.3. The molecule has 3 amide bonds. The van der Waals surface area contributed by atoms with Crippen LogP contribution in [0.25, 0.3) is 0 Å². The van der Waals surface area contributed by atoms with Crippen molar-refractivity contribution in [1.29, 1.82) is 0 Å². The number of urea groups is 1. The molecule has 7 nitrogen and oxygen atoms in total. The molecule has 1 atom stereocenters. The summed E-state index contributed by atoms with van der Waals surface area (Å²) >= 11 is 0. The number of nitrogens with zero attached hydrogens (tertiary/aromatic N) is 2. The topological polar surface area (TPSA) is 73.9 Å². The van der Waals surface area contributed by atoms with Crippen molar-refractivity contribution in [3.63, 3.8) is 0 Å². The molecule has 0 fully saturated rings. The van der Waals surface area contributed by atoms with E-state index in [1.54, 1.807) is 7.11 Å². The van der Waals surface area contributed by atoms with Crippen molar-refractivity contribution in [2.24, 2.45) is 0 Å². The minimum absolute atomic E-state index is 0.242. The Morgan fingerprint density at radius 1 is 1.12 bits per heavy atom. The molecule has 0 aromatic heterocycles. The summed E-state index contributed by atoms with van der Waals surface area (Å²) in [5.41, 5.74) is 3.68. The van der Waals surface area contributed by atoms with Crippen LogP contribution in [0, 0.1) is 5.82 Å². The molecular formula is C24H31FN4O3. The summed E-state index contributed by atoms with van der Waals surface area (Å²) in [5.74, 6) is -0.646. The second-order valence-corrected chi connectivity index (χ2v) is 8.01. The van der Waals surface area contributed by atoms with E-state index < -0.39 is 12.1 Å². The Morgan fingerprint density at radius 3 is 2.53 bits per heavy atom. The molecule has 0 spiro atoms. The SMILES string of the molecule is CC[C@H](C(=O)Nc1ccc2c(c1)CCN(C)C2)N(CCOC)C(=O)Nc1ccc(F)cc1. The number of methoxy groups -OCH3 is 1. The second kappa shape index (κ2) is 11.1. The number of anilines is 2.